The molecule has 4 rings (SSSR count). The monoisotopic (exact) mass is 315 g/mol. The number of hydrogen-bond donors (Lipinski definition) is 0. The van der Waals surface area contributed by atoms with E-state index in [1.807, 2.05) is 11.3 Å². The van der Waals surface area contributed by atoms with Gasteiger partial charge in [-0.1, -0.05) is 12.1 Å². The summed E-state index contributed by atoms with van der Waals surface area (Å²) < 4.78 is 0. The maximum absolute atomic E-state index is 2.56. The lowest BCUT2D eigenvalue weighted by molar-refractivity contribution is 0.286. The zero-order valence-electron chi connectivity index (χ0n) is 12.4. The first kappa shape index (κ1) is 13.9. The Labute approximate surface area is 135 Å². The van der Waals surface area contributed by atoms with Crippen LogP contribution in [0.1, 0.15) is 30.7 Å². The molecule has 1 saturated heterocycles. The summed E-state index contributed by atoms with van der Waals surface area (Å²) in [5, 5.41) is 2.17. The van der Waals surface area contributed by atoms with E-state index >= 15 is 0 Å². The van der Waals surface area contributed by atoms with Gasteiger partial charge in [-0.3, -0.25) is 0 Å². The highest BCUT2D eigenvalue weighted by Crippen LogP contribution is 2.44. The molecule has 0 aliphatic carbocycles. The third kappa shape index (κ3) is 2.67. The van der Waals surface area contributed by atoms with Crippen molar-refractivity contribution in [3.63, 3.8) is 0 Å². The Hall–Kier alpha value is -0.770. The van der Waals surface area contributed by atoms with Crippen molar-refractivity contribution in [2.24, 2.45) is 0 Å². The summed E-state index contributed by atoms with van der Waals surface area (Å²) in [4.78, 5) is 5.47. The fourth-order valence-corrected chi connectivity index (χ4v) is 5.65. The van der Waals surface area contributed by atoms with Crippen LogP contribution in [0, 0.1) is 0 Å². The lowest BCUT2D eigenvalue weighted by atomic mass is 9.92. The summed E-state index contributed by atoms with van der Waals surface area (Å²) in [6.07, 6.45) is 4.10. The van der Waals surface area contributed by atoms with Crippen molar-refractivity contribution in [2.75, 3.05) is 19.3 Å². The minimum absolute atomic E-state index is 0.746. The van der Waals surface area contributed by atoms with Gasteiger partial charge in [-0.15, -0.1) is 23.1 Å². The molecule has 3 heteroatoms. The highest BCUT2D eigenvalue weighted by molar-refractivity contribution is 7.99. The number of thiophene rings is 1. The van der Waals surface area contributed by atoms with E-state index in [0.717, 1.165) is 12.0 Å². The Bertz CT molecular complexity index is 620. The van der Waals surface area contributed by atoms with Gasteiger partial charge in [0.05, 0.1) is 0 Å². The largest absolute Gasteiger partial charge is 0.303 e. The molecule has 0 saturated carbocycles. The van der Waals surface area contributed by atoms with E-state index in [2.05, 4.69) is 59.4 Å². The Morgan fingerprint density at radius 1 is 1.29 bits per heavy atom. The number of rotatable bonds is 3. The topological polar surface area (TPSA) is 3.24 Å². The third-order valence-electron chi connectivity index (χ3n) is 4.92. The number of likely N-dealkylation sites (tertiary alicyclic amines) is 1. The van der Waals surface area contributed by atoms with Crippen molar-refractivity contribution >= 4 is 23.1 Å². The summed E-state index contributed by atoms with van der Waals surface area (Å²) in [7, 11) is 2.29. The maximum atomic E-state index is 2.56. The van der Waals surface area contributed by atoms with Crippen LogP contribution >= 0.6 is 23.1 Å². The van der Waals surface area contributed by atoms with Gasteiger partial charge in [-0.2, -0.15) is 0 Å². The molecule has 3 heterocycles. The van der Waals surface area contributed by atoms with E-state index in [-0.39, 0.29) is 0 Å². The molecule has 1 fully saturated rings. The normalized spacial score (nSPS) is 25.4. The van der Waals surface area contributed by atoms with Gasteiger partial charge < -0.3 is 4.90 Å². The van der Waals surface area contributed by atoms with Gasteiger partial charge in [0.25, 0.3) is 0 Å². The molecule has 0 radical (unpaired) electrons. The molecule has 2 aliphatic heterocycles. The van der Waals surface area contributed by atoms with Crippen molar-refractivity contribution in [1.82, 2.24) is 4.90 Å². The first-order valence-corrected chi connectivity index (χ1v) is 9.68. The summed E-state index contributed by atoms with van der Waals surface area (Å²) >= 11 is 3.89. The molecule has 1 aromatic carbocycles. The zero-order chi connectivity index (χ0) is 14.2. The summed E-state index contributed by atoms with van der Waals surface area (Å²) in [6, 6.07) is 12.3. The first-order valence-electron chi connectivity index (χ1n) is 7.82. The second-order valence-corrected chi connectivity index (χ2v) is 8.26. The Morgan fingerprint density at radius 2 is 2.24 bits per heavy atom. The standard InChI is InChI=1S/C18H21NS2/c1-19-8-2-4-15(19)10-14-12-21-18-7-6-13(11-16(14)18)17-5-3-9-20-17/h3,5-7,9,11,14-15H,2,4,8,10,12H2,1H3/t14-,15-/m1/s1. The quantitative estimate of drug-likeness (QED) is 0.776. The van der Waals surface area contributed by atoms with Crippen LogP contribution in [-0.2, 0) is 0 Å². The van der Waals surface area contributed by atoms with Gasteiger partial charge in [0.2, 0.25) is 0 Å². The third-order valence-corrected chi connectivity index (χ3v) is 7.09. The molecule has 2 aliphatic rings. The van der Waals surface area contributed by atoms with Crippen LogP contribution in [0.3, 0.4) is 0 Å². The predicted octanol–water partition coefficient (Wildman–Crippen LogP) is 5.09. The molecule has 1 nitrogen and oxygen atoms in total. The van der Waals surface area contributed by atoms with Crippen molar-refractivity contribution in [3.05, 3.63) is 41.3 Å². The lowest BCUT2D eigenvalue weighted by Crippen LogP contribution is -2.26. The molecule has 0 bridgehead atoms. The molecule has 110 valence electrons. The van der Waals surface area contributed by atoms with Gasteiger partial charge in [0, 0.05) is 21.6 Å². The second-order valence-electron chi connectivity index (χ2n) is 6.25. The highest BCUT2D eigenvalue weighted by Gasteiger charge is 2.29. The van der Waals surface area contributed by atoms with Crippen molar-refractivity contribution in [3.8, 4) is 10.4 Å². The molecular formula is C18H21NS2. The summed E-state index contributed by atoms with van der Waals surface area (Å²) in [6.45, 7) is 1.28. The number of thioether (sulfide) groups is 1. The van der Waals surface area contributed by atoms with Crippen LogP contribution in [0.2, 0.25) is 0 Å². The lowest BCUT2D eigenvalue weighted by Gasteiger charge is -2.23. The Balaban J connectivity index is 1.59. The molecule has 2 aromatic rings. The molecule has 0 spiro atoms. The average molecular weight is 316 g/mol. The van der Waals surface area contributed by atoms with Crippen LogP contribution in [0.15, 0.2) is 40.6 Å². The van der Waals surface area contributed by atoms with Gasteiger partial charge in [-0.25, -0.2) is 0 Å². The zero-order valence-corrected chi connectivity index (χ0v) is 14.1. The first-order chi connectivity index (χ1) is 10.3. The Morgan fingerprint density at radius 3 is 3.00 bits per heavy atom. The summed E-state index contributed by atoms with van der Waals surface area (Å²) in [5.74, 6) is 2.02. The van der Waals surface area contributed by atoms with Crippen LogP contribution < -0.4 is 0 Å². The summed E-state index contributed by atoms with van der Waals surface area (Å²) in [5.41, 5.74) is 3.00. The molecule has 21 heavy (non-hydrogen) atoms. The smallest absolute Gasteiger partial charge is 0.0342 e. The maximum Gasteiger partial charge on any atom is 0.0342 e. The van der Waals surface area contributed by atoms with E-state index in [1.54, 1.807) is 5.56 Å². The van der Waals surface area contributed by atoms with E-state index in [9.17, 15) is 0 Å². The molecule has 0 amide bonds. The number of hydrogen-bond acceptors (Lipinski definition) is 3. The fourth-order valence-electron chi connectivity index (χ4n) is 3.68. The van der Waals surface area contributed by atoms with Crippen LogP contribution in [-0.4, -0.2) is 30.3 Å². The van der Waals surface area contributed by atoms with Crippen LogP contribution in [0.4, 0.5) is 0 Å². The second kappa shape index (κ2) is 5.79. The highest BCUT2D eigenvalue weighted by atomic mass is 32.2. The van der Waals surface area contributed by atoms with E-state index in [0.29, 0.717) is 0 Å². The van der Waals surface area contributed by atoms with E-state index in [1.165, 1.54) is 46.9 Å². The van der Waals surface area contributed by atoms with Crippen LogP contribution in [0.25, 0.3) is 10.4 Å². The number of fused-ring (bicyclic) bond motifs is 1. The van der Waals surface area contributed by atoms with Gasteiger partial charge in [-0.05, 0) is 73.5 Å². The SMILES string of the molecule is CN1CCC[C@@H]1C[C@@H]1CSc2ccc(-c3cccs3)cc21. The Kier molecular flexibility index (Phi) is 3.82. The van der Waals surface area contributed by atoms with E-state index < -0.39 is 0 Å². The molecule has 2 atom stereocenters. The van der Waals surface area contributed by atoms with Crippen molar-refractivity contribution in [1.29, 1.82) is 0 Å². The van der Waals surface area contributed by atoms with Gasteiger partial charge in [0.15, 0.2) is 0 Å². The van der Waals surface area contributed by atoms with Crippen LogP contribution in [0.5, 0.6) is 0 Å². The molecule has 0 unspecified atom stereocenters. The number of nitrogens with zero attached hydrogens (tertiary/aromatic N) is 1. The average Bonchev–Trinajstić information content (AvgIpc) is 3.22. The van der Waals surface area contributed by atoms with Crippen molar-refractivity contribution in [2.45, 2.75) is 36.1 Å². The van der Waals surface area contributed by atoms with Gasteiger partial charge >= 0.3 is 0 Å². The van der Waals surface area contributed by atoms with Gasteiger partial charge in [0.1, 0.15) is 0 Å². The minimum atomic E-state index is 0.746. The molecule has 1 aromatic heterocycles. The van der Waals surface area contributed by atoms with E-state index in [4.69, 9.17) is 0 Å². The number of benzene rings is 1. The van der Waals surface area contributed by atoms with Crippen molar-refractivity contribution < 1.29 is 0 Å². The minimum Gasteiger partial charge on any atom is -0.303 e. The fraction of sp³-hybridized carbons (Fsp3) is 0.444. The molecular weight excluding hydrogens is 294 g/mol. The predicted molar refractivity (Wildman–Crippen MR) is 93.5 cm³/mol. The molecule has 0 N–H and O–H groups in total.